The first-order chi connectivity index (χ1) is 13.0. The first-order valence-corrected chi connectivity index (χ1v) is 10.7. The van der Waals surface area contributed by atoms with E-state index in [2.05, 4.69) is 9.62 Å². The van der Waals surface area contributed by atoms with E-state index >= 15 is 0 Å². The standard InChI is InChI=1S/C19H23ClN2O4S/c20-16-4-6-19(7-5-16)27(24,25)21-17-8-9-22(14-17)13-15-2-1-3-18(12-15)26-11-10-23/h1-7,12,17,21,23H,8-11,13-14H2/t17-/m0/s1. The summed E-state index contributed by atoms with van der Waals surface area (Å²) in [7, 11) is -3.55. The number of benzene rings is 2. The molecule has 0 saturated carbocycles. The predicted molar refractivity (Wildman–Crippen MR) is 104 cm³/mol. The Balaban J connectivity index is 1.56. The first-order valence-electron chi connectivity index (χ1n) is 8.79. The Hall–Kier alpha value is -1.64. The molecule has 0 amide bonds. The zero-order valence-corrected chi connectivity index (χ0v) is 16.4. The minimum absolute atomic E-state index is 0.0220. The molecule has 0 unspecified atom stereocenters. The van der Waals surface area contributed by atoms with E-state index in [1.807, 2.05) is 24.3 Å². The van der Waals surface area contributed by atoms with E-state index in [9.17, 15) is 8.42 Å². The van der Waals surface area contributed by atoms with Gasteiger partial charge >= 0.3 is 0 Å². The third kappa shape index (κ3) is 5.67. The van der Waals surface area contributed by atoms with Crippen molar-refractivity contribution < 1.29 is 18.3 Å². The molecule has 0 spiro atoms. The molecule has 0 radical (unpaired) electrons. The molecule has 1 fully saturated rings. The Labute approximate surface area is 164 Å². The maximum absolute atomic E-state index is 12.5. The lowest BCUT2D eigenvalue weighted by Gasteiger charge is -2.17. The van der Waals surface area contributed by atoms with Crippen LogP contribution in [-0.4, -0.2) is 50.8 Å². The summed E-state index contributed by atoms with van der Waals surface area (Å²) in [5, 5.41) is 9.35. The van der Waals surface area contributed by atoms with Crippen molar-refractivity contribution in [3.05, 3.63) is 59.1 Å². The molecule has 146 valence electrons. The fraction of sp³-hybridized carbons (Fsp3) is 0.368. The van der Waals surface area contributed by atoms with Gasteiger partial charge in [-0.1, -0.05) is 23.7 Å². The van der Waals surface area contributed by atoms with E-state index in [0.29, 0.717) is 11.6 Å². The highest BCUT2D eigenvalue weighted by molar-refractivity contribution is 7.89. The lowest BCUT2D eigenvalue weighted by atomic mass is 10.2. The van der Waals surface area contributed by atoms with Crippen LogP contribution in [0.4, 0.5) is 0 Å². The lowest BCUT2D eigenvalue weighted by molar-refractivity contribution is 0.201. The number of hydrogen-bond acceptors (Lipinski definition) is 5. The number of sulfonamides is 1. The highest BCUT2D eigenvalue weighted by Crippen LogP contribution is 2.20. The SMILES string of the molecule is O=S(=O)(N[C@H]1CCN(Cc2cccc(OCCO)c2)C1)c1ccc(Cl)cc1. The van der Waals surface area contributed by atoms with Crippen molar-refractivity contribution in [2.75, 3.05) is 26.3 Å². The lowest BCUT2D eigenvalue weighted by Crippen LogP contribution is -2.36. The predicted octanol–water partition coefficient (Wildman–Crippen LogP) is 2.26. The summed E-state index contributed by atoms with van der Waals surface area (Å²) in [5.74, 6) is 0.723. The highest BCUT2D eigenvalue weighted by atomic mass is 35.5. The third-order valence-corrected chi connectivity index (χ3v) is 6.17. The van der Waals surface area contributed by atoms with Crippen LogP contribution in [0.3, 0.4) is 0 Å². The molecular weight excluding hydrogens is 388 g/mol. The number of hydrogen-bond donors (Lipinski definition) is 2. The topological polar surface area (TPSA) is 78.9 Å². The molecule has 2 aromatic carbocycles. The summed E-state index contributed by atoms with van der Waals surface area (Å²) < 4.78 is 33.2. The number of aliphatic hydroxyl groups excluding tert-OH is 1. The van der Waals surface area contributed by atoms with Gasteiger partial charge in [0.2, 0.25) is 10.0 Å². The Morgan fingerprint density at radius 2 is 2.00 bits per heavy atom. The molecule has 6 nitrogen and oxygen atoms in total. The largest absolute Gasteiger partial charge is 0.491 e. The average molecular weight is 411 g/mol. The Morgan fingerprint density at radius 1 is 1.22 bits per heavy atom. The van der Waals surface area contributed by atoms with Crippen molar-refractivity contribution in [1.29, 1.82) is 0 Å². The van der Waals surface area contributed by atoms with E-state index < -0.39 is 10.0 Å². The van der Waals surface area contributed by atoms with Gasteiger partial charge in [0.05, 0.1) is 11.5 Å². The zero-order valence-electron chi connectivity index (χ0n) is 14.8. The van der Waals surface area contributed by atoms with Gasteiger partial charge in [-0.2, -0.15) is 0 Å². The van der Waals surface area contributed by atoms with E-state index in [1.165, 1.54) is 12.1 Å². The third-order valence-electron chi connectivity index (χ3n) is 4.38. The van der Waals surface area contributed by atoms with Gasteiger partial charge in [-0.25, -0.2) is 13.1 Å². The second kappa shape index (κ2) is 9.03. The van der Waals surface area contributed by atoms with Gasteiger partial charge in [-0.3, -0.25) is 4.90 Å². The smallest absolute Gasteiger partial charge is 0.240 e. The second-order valence-electron chi connectivity index (χ2n) is 6.52. The molecule has 1 saturated heterocycles. The van der Waals surface area contributed by atoms with Crippen LogP contribution < -0.4 is 9.46 Å². The Kier molecular flexibility index (Phi) is 6.73. The molecule has 2 aromatic rings. The molecule has 8 heteroatoms. The van der Waals surface area contributed by atoms with Gasteiger partial charge in [0.1, 0.15) is 12.4 Å². The monoisotopic (exact) mass is 410 g/mol. The molecule has 3 rings (SSSR count). The van der Waals surface area contributed by atoms with Gasteiger partial charge in [0.15, 0.2) is 0 Å². The van der Waals surface area contributed by atoms with Crippen LogP contribution in [0.15, 0.2) is 53.4 Å². The molecule has 1 aliphatic rings. The molecule has 0 aliphatic carbocycles. The molecule has 1 aliphatic heterocycles. The van der Waals surface area contributed by atoms with Gasteiger partial charge in [0, 0.05) is 30.7 Å². The van der Waals surface area contributed by atoms with Crippen molar-refractivity contribution >= 4 is 21.6 Å². The van der Waals surface area contributed by atoms with Gasteiger partial charge in [-0.05, 0) is 48.4 Å². The average Bonchev–Trinajstić information content (AvgIpc) is 3.06. The van der Waals surface area contributed by atoms with Crippen molar-refractivity contribution in [3.8, 4) is 5.75 Å². The van der Waals surface area contributed by atoms with E-state index in [0.717, 1.165) is 30.8 Å². The van der Waals surface area contributed by atoms with Gasteiger partial charge in [-0.15, -0.1) is 0 Å². The quantitative estimate of drug-likeness (QED) is 0.698. The number of likely N-dealkylation sites (tertiary alicyclic amines) is 1. The minimum Gasteiger partial charge on any atom is -0.491 e. The van der Waals surface area contributed by atoms with E-state index in [-0.39, 0.29) is 24.2 Å². The molecule has 2 N–H and O–H groups in total. The number of nitrogens with one attached hydrogen (secondary N) is 1. The maximum Gasteiger partial charge on any atom is 0.240 e. The summed E-state index contributed by atoms with van der Waals surface area (Å²) in [6.45, 7) is 2.42. The molecular formula is C19H23ClN2O4S. The number of aliphatic hydroxyl groups is 1. The molecule has 27 heavy (non-hydrogen) atoms. The Morgan fingerprint density at radius 3 is 2.74 bits per heavy atom. The van der Waals surface area contributed by atoms with Gasteiger partial charge < -0.3 is 9.84 Å². The zero-order chi connectivity index (χ0) is 19.3. The molecule has 1 atom stereocenters. The summed E-state index contributed by atoms with van der Waals surface area (Å²) in [4.78, 5) is 2.43. The van der Waals surface area contributed by atoms with Crippen LogP contribution in [0.2, 0.25) is 5.02 Å². The summed E-state index contributed by atoms with van der Waals surface area (Å²) >= 11 is 5.82. The Bertz CT molecular complexity index is 858. The van der Waals surface area contributed by atoms with Crippen LogP contribution in [0.5, 0.6) is 5.75 Å². The highest BCUT2D eigenvalue weighted by Gasteiger charge is 2.27. The second-order valence-corrected chi connectivity index (χ2v) is 8.67. The molecule has 0 bridgehead atoms. The number of rotatable bonds is 8. The van der Waals surface area contributed by atoms with E-state index in [1.54, 1.807) is 12.1 Å². The number of ether oxygens (including phenoxy) is 1. The fourth-order valence-corrected chi connectivity index (χ4v) is 4.52. The number of nitrogens with zero attached hydrogens (tertiary/aromatic N) is 1. The van der Waals surface area contributed by atoms with Crippen LogP contribution in [0.25, 0.3) is 0 Å². The van der Waals surface area contributed by atoms with Crippen LogP contribution in [0, 0.1) is 0 Å². The van der Waals surface area contributed by atoms with Crippen molar-refractivity contribution in [2.24, 2.45) is 0 Å². The summed E-state index contributed by atoms with van der Waals surface area (Å²) in [6.07, 6.45) is 0.757. The molecule has 0 aromatic heterocycles. The normalized spacial score (nSPS) is 17.9. The minimum atomic E-state index is -3.55. The number of halogens is 1. The van der Waals surface area contributed by atoms with Crippen LogP contribution >= 0.6 is 11.6 Å². The van der Waals surface area contributed by atoms with Crippen molar-refractivity contribution in [2.45, 2.75) is 23.9 Å². The summed E-state index contributed by atoms with van der Waals surface area (Å²) in [6, 6.07) is 13.8. The van der Waals surface area contributed by atoms with Gasteiger partial charge in [0.25, 0.3) is 0 Å². The summed E-state index contributed by atoms with van der Waals surface area (Å²) in [5.41, 5.74) is 1.09. The van der Waals surface area contributed by atoms with Crippen LogP contribution in [-0.2, 0) is 16.6 Å². The van der Waals surface area contributed by atoms with Crippen LogP contribution in [0.1, 0.15) is 12.0 Å². The van der Waals surface area contributed by atoms with E-state index in [4.69, 9.17) is 21.4 Å². The molecule has 1 heterocycles. The first kappa shape index (κ1) is 20.1. The van der Waals surface area contributed by atoms with Crippen molar-refractivity contribution in [1.82, 2.24) is 9.62 Å². The fourth-order valence-electron chi connectivity index (χ4n) is 3.13. The van der Waals surface area contributed by atoms with Crippen molar-refractivity contribution in [3.63, 3.8) is 0 Å². The maximum atomic E-state index is 12.5.